The minimum atomic E-state index is 0.226. The molecule has 3 heterocycles. The third-order valence-corrected chi connectivity index (χ3v) is 6.60. The summed E-state index contributed by atoms with van der Waals surface area (Å²) in [6, 6.07) is 8.25. The first-order valence-electron chi connectivity index (χ1n) is 12.4. The van der Waals surface area contributed by atoms with Crippen molar-refractivity contribution in [3.05, 3.63) is 29.8 Å². The SMILES string of the molecule is CCNC(=NCc1ccc(N2CCCC2=O)cc1)N1CCC(OCC2CCCCO2)CC1. The van der Waals surface area contributed by atoms with Crippen molar-refractivity contribution in [2.24, 2.45) is 4.99 Å². The van der Waals surface area contributed by atoms with Crippen LogP contribution in [0.5, 0.6) is 0 Å². The summed E-state index contributed by atoms with van der Waals surface area (Å²) in [4.78, 5) is 21.0. The first-order chi connectivity index (χ1) is 15.7. The number of hydrogen-bond acceptors (Lipinski definition) is 4. The fourth-order valence-corrected chi connectivity index (χ4v) is 4.71. The number of guanidine groups is 1. The van der Waals surface area contributed by atoms with Gasteiger partial charge in [0.25, 0.3) is 0 Å². The molecule has 4 rings (SSSR count). The zero-order chi connectivity index (χ0) is 22.2. The third kappa shape index (κ3) is 6.23. The van der Waals surface area contributed by atoms with E-state index < -0.39 is 0 Å². The number of amides is 1. The zero-order valence-corrected chi connectivity index (χ0v) is 19.4. The third-order valence-electron chi connectivity index (χ3n) is 6.60. The predicted molar refractivity (Wildman–Crippen MR) is 127 cm³/mol. The number of benzene rings is 1. The van der Waals surface area contributed by atoms with Crippen molar-refractivity contribution in [1.29, 1.82) is 0 Å². The summed E-state index contributed by atoms with van der Waals surface area (Å²) < 4.78 is 12.0. The highest BCUT2D eigenvalue weighted by atomic mass is 16.5. The molecule has 1 N–H and O–H groups in total. The Morgan fingerprint density at radius 1 is 1.12 bits per heavy atom. The smallest absolute Gasteiger partial charge is 0.227 e. The van der Waals surface area contributed by atoms with Gasteiger partial charge in [0.2, 0.25) is 5.91 Å². The van der Waals surface area contributed by atoms with E-state index in [0.717, 1.165) is 82.3 Å². The van der Waals surface area contributed by atoms with E-state index in [-0.39, 0.29) is 12.0 Å². The Bertz CT molecular complexity index is 753. The van der Waals surface area contributed by atoms with Gasteiger partial charge in [-0.3, -0.25) is 4.79 Å². The Kier molecular flexibility index (Phi) is 8.40. The van der Waals surface area contributed by atoms with Crippen LogP contribution in [-0.2, 0) is 20.8 Å². The van der Waals surface area contributed by atoms with E-state index in [9.17, 15) is 4.79 Å². The molecule has 0 spiro atoms. The minimum absolute atomic E-state index is 0.226. The van der Waals surface area contributed by atoms with Gasteiger partial charge in [-0.15, -0.1) is 0 Å². The quantitative estimate of drug-likeness (QED) is 0.518. The Balaban J connectivity index is 1.26. The maximum Gasteiger partial charge on any atom is 0.227 e. The lowest BCUT2D eigenvalue weighted by atomic mass is 10.1. The van der Waals surface area contributed by atoms with Crippen LogP contribution in [0, 0.1) is 0 Å². The fourth-order valence-electron chi connectivity index (χ4n) is 4.71. The van der Waals surface area contributed by atoms with Gasteiger partial charge in [0.1, 0.15) is 0 Å². The van der Waals surface area contributed by atoms with E-state index in [4.69, 9.17) is 14.5 Å². The number of rotatable bonds is 7. The Labute approximate surface area is 192 Å². The van der Waals surface area contributed by atoms with E-state index in [1.165, 1.54) is 12.8 Å². The number of anilines is 1. The van der Waals surface area contributed by atoms with Crippen molar-refractivity contribution in [3.8, 4) is 0 Å². The van der Waals surface area contributed by atoms with E-state index >= 15 is 0 Å². The highest BCUT2D eigenvalue weighted by Crippen LogP contribution is 2.22. The number of ether oxygens (including phenoxy) is 2. The zero-order valence-electron chi connectivity index (χ0n) is 19.4. The van der Waals surface area contributed by atoms with Crippen LogP contribution in [0.2, 0.25) is 0 Å². The molecule has 0 saturated carbocycles. The van der Waals surface area contributed by atoms with Crippen molar-refractivity contribution < 1.29 is 14.3 Å². The van der Waals surface area contributed by atoms with Crippen molar-refractivity contribution in [1.82, 2.24) is 10.2 Å². The summed E-state index contributed by atoms with van der Waals surface area (Å²) in [5.74, 6) is 1.20. The number of likely N-dealkylation sites (tertiary alicyclic amines) is 1. The van der Waals surface area contributed by atoms with E-state index in [1.807, 2.05) is 17.0 Å². The molecule has 0 aliphatic carbocycles. The van der Waals surface area contributed by atoms with Crippen molar-refractivity contribution in [2.45, 2.75) is 70.6 Å². The minimum Gasteiger partial charge on any atom is -0.376 e. The van der Waals surface area contributed by atoms with Crippen molar-refractivity contribution in [3.63, 3.8) is 0 Å². The molecule has 3 saturated heterocycles. The van der Waals surface area contributed by atoms with Gasteiger partial charge in [0.15, 0.2) is 5.96 Å². The maximum absolute atomic E-state index is 11.9. The first-order valence-corrected chi connectivity index (χ1v) is 12.4. The van der Waals surface area contributed by atoms with Crippen LogP contribution in [0.4, 0.5) is 5.69 Å². The summed E-state index contributed by atoms with van der Waals surface area (Å²) in [5, 5.41) is 3.45. The van der Waals surface area contributed by atoms with Crippen LogP contribution in [-0.4, -0.2) is 68.4 Å². The van der Waals surface area contributed by atoms with Gasteiger partial charge in [0.05, 0.1) is 25.4 Å². The second kappa shape index (κ2) is 11.7. The summed E-state index contributed by atoms with van der Waals surface area (Å²) in [6.07, 6.45) is 7.84. The number of aliphatic imine (C=N–C) groups is 1. The first kappa shape index (κ1) is 23.1. The van der Waals surface area contributed by atoms with Crippen LogP contribution < -0.4 is 10.2 Å². The van der Waals surface area contributed by atoms with Gasteiger partial charge in [-0.25, -0.2) is 4.99 Å². The molecule has 3 aliphatic rings. The van der Waals surface area contributed by atoms with E-state index in [0.29, 0.717) is 19.1 Å². The topological polar surface area (TPSA) is 66.4 Å². The Hall–Kier alpha value is -2.12. The largest absolute Gasteiger partial charge is 0.376 e. The molecule has 1 unspecified atom stereocenters. The molecule has 7 nitrogen and oxygen atoms in total. The van der Waals surface area contributed by atoms with Gasteiger partial charge >= 0.3 is 0 Å². The van der Waals surface area contributed by atoms with Gasteiger partial charge in [-0.1, -0.05) is 12.1 Å². The lowest BCUT2D eigenvalue weighted by Gasteiger charge is -2.35. The summed E-state index contributed by atoms with van der Waals surface area (Å²) in [5.41, 5.74) is 2.15. The lowest BCUT2D eigenvalue weighted by molar-refractivity contribution is -0.117. The summed E-state index contributed by atoms with van der Waals surface area (Å²) in [7, 11) is 0. The summed E-state index contributed by atoms with van der Waals surface area (Å²) in [6.45, 7) is 7.95. The molecular weight excluding hydrogens is 404 g/mol. The standard InChI is InChI=1S/C25H38N4O3/c1-2-26-25(27-18-20-8-10-21(11-9-20)29-14-5-7-24(29)30)28-15-12-22(13-16-28)32-19-23-6-3-4-17-31-23/h8-11,22-23H,2-7,12-19H2,1H3,(H,26,27). The monoisotopic (exact) mass is 442 g/mol. The predicted octanol–water partition coefficient (Wildman–Crippen LogP) is 3.33. The van der Waals surface area contributed by atoms with E-state index in [2.05, 4.69) is 29.3 Å². The number of nitrogens with zero attached hydrogens (tertiary/aromatic N) is 3. The van der Waals surface area contributed by atoms with Gasteiger partial charge < -0.3 is 24.6 Å². The molecule has 0 bridgehead atoms. The molecule has 176 valence electrons. The number of piperidine rings is 1. The van der Waals surface area contributed by atoms with Gasteiger partial charge in [0, 0.05) is 44.9 Å². The molecule has 0 aromatic heterocycles. The lowest BCUT2D eigenvalue weighted by Crippen LogP contribution is -2.47. The number of carbonyl (C=O) groups excluding carboxylic acids is 1. The molecule has 0 radical (unpaired) electrons. The molecule has 1 aromatic carbocycles. The van der Waals surface area contributed by atoms with Crippen LogP contribution >= 0.6 is 0 Å². The molecule has 3 aliphatic heterocycles. The second-order valence-electron chi connectivity index (χ2n) is 8.99. The highest BCUT2D eigenvalue weighted by molar-refractivity contribution is 5.95. The van der Waals surface area contributed by atoms with Crippen molar-refractivity contribution >= 4 is 17.6 Å². The molecule has 1 aromatic rings. The molecule has 7 heteroatoms. The highest BCUT2D eigenvalue weighted by Gasteiger charge is 2.24. The molecule has 3 fully saturated rings. The molecule has 32 heavy (non-hydrogen) atoms. The van der Waals surface area contributed by atoms with Crippen LogP contribution in [0.1, 0.15) is 57.4 Å². The molecule has 1 amide bonds. The van der Waals surface area contributed by atoms with Crippen LogP contribution in [0.25, 0.3) is 0 Å². The van der Waals surface area contributed by atoms with E-state index in [1.54, 1.807) is 0 Å². The van der Waals surface area contributed by atoms with Crippen molar-refractivity contribution in [2.75, 3.05) is 44.3 Å². The number of hydrogen-bond donors (Lipinski definition) is 1. The van der Waals surface area contributed by atoms with Gasteiger partial charge in [-0.05, 0) is 63.1 Å². The fraction of sp³-hybridized carbons (Fsp3) is 0.680. The average Bonchev–Trinajstić information content (AvgIpc) is 3.27. The average molecular weight is 443 g/mol. The molecular formula is C25H38N4O3. The van der Waals surface area contributed by atoms with Gasteiger partial charge in [-0.2, -0.15) is 0 Å². The number of carbonyl (C=O) groups is 1. The Morgan fingerprint density at radius 3 is 2.59 bits per heavy atom. The maximum atomic E-state index is 11.9. The Morgan fingerprint density at radius 2 is 1.94 bits per heavy atom. The molecule has 1 atom stereocenters. The summed E-state index contributed by atoms with van der Waals surface area (Å²) >= 11 is 0. The normalized spacial score (nSPS) is 23.1. The second-order valence-corrected chi connectivity index (χ2v) is 8.99. The number of nitrogens with one attached hydrogen (secondary N) is 1. The van der Waals surface area contributed by atoms with Crippen LogP contribution in [0.15, 0.2) is 29.3 Å². The van der Waals surface area contributed by atoms with Crippen LogP contribution in [0.3, 0.4) is 0 Å².